The monoisotopic (exact) mass is 549 g/mol. The zero-order valence-electron chi connectivity index (χ0n) is 20.6. The van der Waals surface area contributed by atoms with Gasteiger partial charge < -0.3 is 9.64 Å². The Hall–Kier alpha value is -2.71. The number of amides is 1. The van der Waals surface area contributed by atoms with Crippen LogP contribution >= 0.6 is 23.4 Å². The van der Waals surface area contributed by atoms with E-state index in [4.69, 9.17) is 11.6 Å². The number of nitrogens with zero attached hydrogens (tertiary/aromatic N) is 1. The highest BCUT2D eigenvalue weighted by atomic mass is 35.5. The average molecular weight is 550 g/mol. The van der Waals surface area contributed by atoms with E-state index in [9.17, 15) is 22.8 Å². The van der Waals surface area contributed by atoms with Crippen molar-refractivity contribution in [1.82, 2.24) is 0 Å². The molecule has 1 amide bonds. The Morgan fingerprint density at radius 1 is 1.03 bits per heavy atom. The minimum atomic E-state index is -4.65. The second-order valence-electron chi connectivity index (χ2n) is 10.2. The summed E-state index contributed by atoms with van der Waals surface area (Å²) in [6.07, 6.45) is -5.13. The lowest BCUT2D eigenvalue weighted by Gasteiger charge is -2.31. The average Bonchev–Trinajstić information content (AvgIpc) is 2.91. The van der Waals surface area contributed by atoms with Crippen molar-refractivity contribution in [3.8, 4) is 0 Å². The smallest absolute Gasteiger partial charge is 0.422 e. The van der Waals surface area contributed by atoms with Gasteiger partial charge in [0.2, 0.25) is 5.91 Å². The second-order valence-corrected chi connectivity index (χ2v) is 12.0. The van der Waals surface area contributed by atoms with Crippen LogP contribution in [-0.4, -0.2) is 36.5 Å². The summed E-state index contributed by atoms with van der Waals surface area (Å²) < 4.78 is 42.5. The van der Waals surface area contributed by atoms with Crippen LogP contribution in [0.2, 0.25) is 5.02 Å². The van der Waals surface area contributed by atoms with Gasteiger partial charge in [0, 0.05) is 17.3 Å². The summed E-state index contributed by atoms with van der Waals surface area (Å²) in [5.41, 5.74) is 2.10. The Morgan fingerprint density at radius 3 is 2.43 bits per heavy atom. The molecule has 0 spiro atoms. The van der Waals surface area contributed by atoms with Gasteiger partial charge in [0.1, 0.15) is 0 Å². The Morgan fingerprint density at radius 2 is 1.73 bits per heavy atom. The van der Waals surface area contributed by atoms with E-state index in [2.05, 4.69) is 4.74 Å². The van der Waals surface area contributed by atoms with E-state index in [-0.39, 0.29) is 11.3 Å². The first-order valence-electron chi connectivity index (χ1n) is 11.8. The number of rotatable bonds is 5. The molecule has 1 heterocycles. The summed E-state index contributed by atoms with van der Waals surface area (Å²) in [7, 11) is 0. The minimum absolute atomic E-state index is 0.294. The number of hydrogen-bond acceptors (Lipinski definition) is 4. The molecule has 0 saturated heterocycles. The quantitative estimate of drug-likeness (QED) is 0.308. The third-order valence-corrected chi connectivity index (χ3v) is 7.60. The van der Waals surface area contributed by atoms with Gasteiger partial charge in [-0.05, 0) is 45.5 Å². The predicted molar refractivity (Wildman–Crippen MR) is 142 cm³/mol. The van der Waals surface area contributed by atoms with Gasteiger partial charge in [-0.15, -0.1) is 11.8 Å². The fourth-order valence-corrected chi connectivity index (χ4v) is 6.11. The molecule has 0 N–H and O–H groups in total. The number of hydrogen-bond donors (Lipinski definition) is 0. The highest BCUT2D eigenvalue weighted by Gasteiger charge is 2.40. The van der Waals surface area contributed by atoms with E-state index in [1.807, 2.05) is 69.3 Å². The molecule has 3 aromatic carbocycles. The molecule has 37 heavy (non-hydrogen) atoms. The Balaban J connectivity index is 1.84. The molecule has 196 valence electrons. The second kappa shape index (κ2) is 10.6. The van der Waals surface area contributed by atoms with Crippen LogP contribution in [0.5, 0.6) is 0 Å². The number of thioether (sulfide) groups is 1. The third-order valence-electron chi connectivity index (χ3n) is 5.89. The number of halogens is 4. The lowest BCUT2D eigenvalue weighted by Crippen LogP contribution is -2.43. The molecular weight excluding hydrogens is 523 g/mol. The van der Waals surface area contributed by atoms with Crippen LogP contribution in [0.4, 0.5) is 18.9 Å². The van der Waals surface area contributed by atoms with Crippen LogP contribution < -0.4 is 4.90 Å². The lowest BCUT2D eigenvalue weighted by molar-refractivity contribution is -0.186. The number of carbonyl (C=O) groups excluding carboxylic acids is 2. The van der Waals surface area contributed by atoms with Crippen molar-refractivity contribution < 1.29 is 27.5 Å². The van der Waals surface area contributed by atoms with Crippen LogP contribution in [0.15, 0.2) is 60.7 Å². The Labute approximate surface area is 223 Å². The first-order chi connectivity index (χ1) is 17.3. The third kappa shape index (κ3) is 6.60. The summed E-state index contributed by atoms with van der Waals surface area (Å²) >= 11 is 7.67. The van der Waals surface area contributed by atoms with Crippen molar-refractivity contribution in [3.63, 3.8) is 0 Å². The SMILES string of the molecule is CC(C)(C)CN1C(=O)[C@@H](CC(=O)OCC(F)(F)F)S[C@H](c2cccc3ccccc23)c2cc(Cl)ccc21. The number of esters is 1. The van der Waals surface area contributed by atoms with Gasteiger partial charge in [0.15, 0.2) is 6.61 Å². The normalized spacial score (nSPS) is 18.5. The van der Waals surface area contributed by atoms with Crippen molar-refractivity contribution in [2.75, 3.05) is 18.1 Å². The summed E-state index contributed by atoms with van der Waals surface area (Å²) in [5, 5.41) is 1.11. The summed E-state index contributed by atoms with van der Waals surface area (Å²) in [6.45, 7) is 4.62. The zero-order chi connectivity index (χ0) is 27.0. The van der Waals surface area contributed by atoms with Gasteiger partial charge in [-0.1, -0.05) is 74.8 Å². The molecule has 4 nitrogen and oxygen atoms in total. The number of fused-ring (bicyclic) bond motifs is 2. The molecule has 0 aromatic heterocycles. The van der Waals surface area contributed by atoms with Crippen molar-refractivity contribution in [3.05, 3.63) is 76.8 Å². The van der Waals surface area contributed by atoms with Gasteiger partial charge in [-0.2, -0.15) is 13.2 Å². The fraction of sp³-hybridized carbons (Fsp3) is 0.357. The van der Waals surface area contributed by atoms with Crippen LogP contribution in [0, 0.1) is 5.41 Å². The predicted octanol–water partition coefficient (Wildman–Crippen LogP) is 7.57. The maximum Gasteiger partial charge on any atom is 0.422 e. The van der Waals surface area contributed by atoms with Crippen LogP contribution in [-0.2, 0) is 14.3 Å². The van der Waals surface area contributed by atoms with E-state index in [1.165, 1.54) is 11.8 Å². The van der Waals surface area contributed by atoms with Gasteiger partial charge >= 0.3 is 12.1 Å². The summed E-state index contributed by atoms with van der Waals surface area (Å²) in [6, 6.07) is 19.1. The van der Waals surface area contributed by atoms with Crippen LogP contribution in [0.3, 0.4) is 0 Å². The maximum atomic E-state index is 13.9. The van der Waals surface area contributed by atoms with E-state index in [0.29, 0.717) is 17.3 Å². The molecular formula is C28H27ClF3NO3S. The highest BCUT2D eigenvalue weighted by Crippen LogP contribution is 2.49. The van der Waals surface area contributed by atoms with E-state index in [1.54, 1.807) is 17.0 Å². The van der Waals surface area contributed by atoms with Gasteiger partial charge in [0.05, 0.1) is 16.9 Å². The molecule has 9 heteroatoms. The molecule has 1 aliphatic rings. The molecule has 0 unspecified atom stereocenters. The zero-order valence-corrected chi connectivity index (χ0v) is 22.2. The molecule has 2 atom stereocenters. The van der Waals surface area contributed by atoms with Crippen LogP contribution in [0.25, 0.3) is 10.8 Å². The molecule has 0 aliphatic carbocycles. The first kappa shape index (κ1) is 27.3. The topological polar surface area (TPSA) is 46.6 Å². The Kier molecular flexibility index (Phi) is 7.81. The largest absolute Gasteiger partial charge is 0.456 e. The van der Waals surface area contributed by atoms with Gasteiger partial charge in [0.25, 0.3) is 0 Å². The molecule has 1 aliphatic heterocycles. The number of alkyl halides is 3. The number of carbonyl (C=O) groups is 2. The lowest BCUT2D eigenvalue weighted by atomic mass is 9.93. The van der Waals surface area contributed by atoms with Gasteiger partial charge in [-0.3, -0.25) is 9.59 Å². The first-order valence-corrected chi connectivity index (χ1v) is 13.1. The van der Waals surface area contributed by atoms with Crippen molar-refractivity contribution >= 4 is 51.7 Å². The number of ether oxygens (including phenoxy) is 1. The van der Waals surface area contributed by atoms with Crippen molar-refractivity contribution in [1.29, 1.82) is 0 Å². The number of anilines is 1. The van der Waals surface area contributed by atoms with Gasteiger partial charge in [-0.25, -0.2) is 0 Å². The summed E-state index contributed by atoms with van der Waals surface area (Å²) in [4.78, 5) is 28.0. The molecule has 0 saturated carbocycles. The minimum Gasteiger partial charge on any atom is -0.456 e. The standard InChI is InChI=1S/C28H27ClF3NO3S/c1-27(2,3)15-33-22-12-11-18(29)13-21(22)25(20-10-6-8-17-7-4-5-9-19(17)20)37-23(26(33)35)14-24(34)36-16-28(30,31)32/h4-13,23,25H,14-16H2,1-3H3/t23-,25-/m1/s1. The molecule has 0 bridgehead atoms. The Bertz CT molecular complexity index is 1320. The number of benzene rings is 3. The molecule has 0 fully saturated rings. The maximum absolute atomic E-state index is 13.9. The van der Waals surface area contributed by atoms with Crippen molar-refractivity contribution in [2.45, 2.75) is 43.9 Å². The fourth-order valence-electron chi connectivity index (χ4n) is 4.43. The summed E-state index contributed by atoms with van der Waals surface area (Å²) in [5.74, 6) is -1.42. The highest BCUT2D eigenvalue weighted by molar-refractivity contribution is 8.01. The van der Waals surface area contributed by atoms with E-state index >= 15 is 0 Å². The van der Waals surface area contributed by atoms with Crippen molar-refractivity contribution in [2.24, 2.45) is 5.41 Å². The molecule has 4 rings (SSSR count). The van der Waals surface area contributed by atoms with E-state index in [0.717, 1.165) is 21.9 Å². The molecule has 3 aromatic rings. The van der Waals surface area contributed by atoms with Crippen LogP contribution in [0.1, 0.15) is 43.6 Å². The molecule has 0 radical (unpaired) electrons. The van der Waals surface area contributed by atoms with E-state index < -0.39 is 35.7 Å².